The van der Waals surface area contributed by atoms with Crippen molar-refractivity contribution in [2.24, 2.45) is 11.1 Å². The molecule has 2 rings (SSSR count). The summed E-state index contributed by atoms with van der Waals surface area (Å²) in [4.78, 5) is 24.3. The fourth-order valence-electron chi connectivity index (χ4n) is 3.56. The molecule has 2 atom stereocenters. The van der Waals surface area contributed by atoms with Gasteiger partial charge >= 0.3 is 5.97 Å². The fraction of sp³-hybridized carbons (Fsp3) is 0.867. The lowest BCUT2D eigenvalue weighted by atomic mass is 9.81. The minimum absolute atomic E-state index is 0.167. The van der Waals surface area contributed by atoms with E-state index in [1.807, 2.05) is 6.92 Å². The standard InChI is InChI=1S/C15H26N2O3/c1-14(8-6-7-11(14)16)12(18)17-15(13(19)20)9-4-2-3-5-10-15/h11H,2-10,16H2,1H3,(H,17,18)(H,19,20). The van der Waals surface area contributed by atoms with Crippen LogP contribution in [0.15, 0.2) is 0 Å². The van der Waals surface area contributed by atoms with Gasteiger partial charge in [0, 0.05) is 6.04 Å². The predicted molar refractivity (Wildman–Crippen MR) is 76.1 cm³/mol. The number of carboxylic acid groups (broad SMARTS) is 1. The number of carbonyl (C=O) groups excluding carboxylic acids is 1. The van der Waals surface area contributed by atoms with Crippen LogP contribution in [0, 0.1) is 5.41 Å². The molecule has 2 fully saturated rings. The van der Waals surface area contributed by atoms with Crippen LogP contribution >= 0.6 is 0 Å². The van der Waals surface area contributed by atoms with E-state index in [0.29, 0.717) is 12.8 Å². The quantitative estimate of drug-likeness (QED) is 0.688. The van der Waals surface area contributed by atoms with Gasteiger partial charge in [-0.2, -0.15) is 0 Å². The minimum atomic E-state index is -1.08. The zero-order chi connectivity index (χ0) is 14.8. The van der Waals surface area contributed by atoms with Gasteiger partial charge in [0.05, 0.1) is 5.41 Å². The third-order valence-corrected chi connectivity index (χ3v) is 5.27. The molecule has 20 heavy (non-hydrogen) atoms. The molecule has 0 aromatic carbocycles. The first-order chi connectivity index (χ1) is 9.41. The molecule has 0 spiro atoms. The average Bonchev–Trinajstić information content (AvgIpc) is 2.63. The van der Waals surface area contributed by atoms with Crippen LogP contribution in [-0.4, -0.2) is 28.6 Å². The number of rotatable bonds is 3. The van der Waals surface area contributed by atoms with Crippen molar-refractivity contribution in [1.82, 2.24) is 5.32 Å². The summed E-state index contributed by atoms with van der Waals surface area (Å²) in [5.74, 6) is -1.07. The highest BCUT2D eigenvalue weighted by atomic mass is 16.4. The fourth-order valence-corrected chi connectivity index (χ4v) is 3.56. The van der Waals surface area contributed by atoms with Crippen molar-refractivity contribution in [2.45, 2.75) is 76.3 Å². The molecule has 5 heteroatoms. The molecule has 1 amide bonds. The number of aliphatic carboxylic acids is 1. The van der Waals surface area contributed by atoms with Crippen LogP contribution in [0.25, 0.3) is 0 Å². The Labute approximate surface area is 120 Å². The molecule has 0 heterocycles. The van der Waals surface area contributed by atoms with Crippen molar-refractivity contribution in [2.75, 3.05) is 0 Å². The SMILES string of the molecule is CC1(C(=O)NC2(C(=O)O)CCCCCC2)CCCC1N. The first kappa shape index (κ1) is 15.3. The molecule has 0 radical (unpaired) electrons. The maximum atomic E-state index is 12.6. The normalized spacial score (nSPS) is 33.4. The van der Waals surface area contributed by atoms with Crippen LogP contribution in [-0.2, 0) is 9.59 Å². The van der Waals surface area contributed by atoms with Gasteiger partial charge in [-0.15, -0.1) is 0 Å². The second-order valence-corrected chi connectivity index (χ2v) is 6.67. The van der Waals surface area contributed by atoms with Crippen LogP contribution in [0.5, 0.6) is 0 Å². The Bertz CT molecular complexity index is 389. The number of carboxylic acids is 1. The monoisotopic (exact) mass is 282 g/mol. The van der Waals surface area contributed by atoms with Gasteiger partial charge in [-0.05, 0) is 32.6 Å². The molecule has 0 aromatic heterocycles. The van der Waals surface area contributed by atoms with E-state index in [2.05, 4.69) is 5.32 Å². The van der Waals surface area contributed by atoms with Crippen LogP contribution < -0.4 is 11.1 Å². The Morgan fingerprint density at radius 2 is 1.70 bits per heavy atom. The average molecular weight is 282 g/mol. The molecule has 0 aromatic rings. The van der Waals surface area contributed by atoms with Crippen molar-refractivity contribution >= 4 is 11.9 Å². The Hall–Kier alpha value is -1.10. The molecule has 114 valence electrons. The molecular formula is C15H26N2O3. The van der Waals surface area contributed by atoms with Crippen LogP contribution in [0.3, 0.4) is 0 Å². The highest BCUT2D eigenvalue weighted by molar-refractivity contribution is 5.90. The largest absolute Gasteiger partial charge is 0.480 e. The second kappa shape index (κ2) is 5.72. The summed E-state index contributed by atoms with van der Waals surface area (Å²) in [6.45, 7) is 1.87. The van der Waals surface area contributed by atoms with E-state index >= 15 is 0 Å². The summed E-state index contributed by atoms with van der Waals surface area (Å²) in [6, 6.07) is -0.167. The highest BCUT2D eigenvalue weighted by Crippen LogP contribution is 2.38. The molecule has 2 unspecified atom stereocenters. The topological polar surface area (TPSA) is 92.4 Å². The first-order valence-corrected chi connectivity index (χ1v) is 7.72. The number of amides is 1. The Morgan fingerprint density at radius 3 is 2.15 bits per heavy atom. The maximum absolute atomic E-state index is 12.6. The number of hydrogen-bond donors (Lipinski definition) is 3. The molecule has 2 saturated carbocycles. The van der Waals surface area contributed by atoms with Gasteiger partial charge in [0.1, 0.15) is 5.54 Å². The summed E-state index contributed by atoms with van der Waals surface area (Å²) in [7, 11) is 0. The zero-order valence-corrected chi connectivity index (χ0v) is 12.3. The van der Waals surface area contributed by atoms with E-state index in [4.69, 9.17) is 5.73 Å². The number of carbonyl (C=O) groups is 2. The zero-order valence-electron chi connectivity index (χ0n) is 12.3. The lowest BCUT2D eigenvalue weighted by Crippen LogP contribution is -2.59. The lowest BCUT2D eigenvalue weighted by Gasteiger charge is -2.35. The van der Waals surface area contributed by atoms with Crippen molar-refractivity contribution in [1.29, 1.82) is 0 Å². The second-order valence-electron chi connectivity index (χ2n) is 6.67. The van der Waals surface area contributed by atoms with Crippen molar-refractivity contribution < 1.29 is 14.7 Å². The van der Waals surface area contributed by atoms with Crippen LogP contribution in [0.4, 0.5) is 0 Å². The molecule has 2 aliphatic rings. The minimum Gasteiger partial charge on any atom is -0.480 e. The van der Waals surface area contributed by atoms with Gasteiger partial charge in [-0.25, -0.2) is 4.79 Å². The molecule has 0 aliphatic heterocycles. The van der Waals surface area contributed by atoms with Gasteiger partial charge in [0.2, 0.25) is 5.91 Å². The molecule has 0 saturated heterocycles. The van der Waals surface area contributed by atoms with E-state index in [9.17, 15) is 14.7 Å². The summed E-state index contributed by atoms with van der Waals surface area (Å²) in [5, 5.41) is 12.5. The van der Waals surface area contributed by atoms with Crippen LogP contribution in [0.2, 0.25) is 0 Å². The molecule has 5 nitrogen and oxygen atoms in total. The van der Waals surface area contributed by atoms with Gasteiger partial charge in [-0.1, -0.05) is 32.1 Å². The summed E-state index contributed by atoms with van der Waals surface area (Å²) >= 11 is 0. The Balaban J connectivity index is 2.15. The third-order valence-electron chi connectivity index (χ3n) is 5.27. The molecule has 0 bridgehead atoms. The summed E-state index contributed by atoms with van der Waals surface area (Å²) < 4.78 is 0. The predicted octanol–water partition coefficient (Wildman–Crippen LogP) is 1.80. The van der Waals surface area contributed by atoms with Gasteiger partial charge in [0.25, 0.3) is 0 Å². The van der Waals surface area contributed by atoms with E-state index in [0.717, 1.165) is 44.9 Å². The number of nitrogens with one attached hydrogen (secondary N) is 1. The van der Waals surface area contributed by atoms with Crippen molar-refractivity contribution in [3.63, 3.8) is 0 Å². The van der Waals surface area contributed by atoms with Gasteiger partial charge < -0.3 is 16.2 Å². The van der Waals surface area contributed by atoms with Gasteiger partial charge in [-0.3, -0.25) is 4.79 Å². The molecular weight excluding hydrogens is 256 g/mol. The van der Waals surface area contributed by atoms with E-state index in [-0.39, 0.29) is 11.9 Å². The smallest absolute Gasteiger partial charge is 0.329 e. The van der Waals surface area contributed by atoms with Gasteiger partial charge in [0.15, 0.2) is 0 Å². The number of nitrogens with two attached hydrogens (primary N) is 1. The maximum Gasteiger partial charge on any atom is 0.329 e. The Morgan fingerprint density at radius 1 is 1.10 bits per heavy atom. The molecule has 4 N–H and O–H groups in total. The summed E-state index contributed by atoms with van der Waals surface area (Å²) in [6.07, 6.45) is 7.37. The highest BCUT2D eigenvalue weighted by Gasteiger charge is 2.48. The number of hydrogen-bond acceptors (Lipinski definition) is 3. The Kier molecular flexibility index (Phi) is 4.37. The lowest BCUT2D eigenvalue weighted by molar-refractivity contribution is -0.150. The van der Waals surface area contributed by atoms with E-state index in [1.54, 1.807) is 0 Å². The first-order valence-electron chi connectivity index (χ1n) is 7.72. The van der Waals surface area contributed by atoms with E-state index in [1.165, 1.54) is 0 Å². The van der Waals surface area contributed by atoms with E-state index < -0.39 is 16.9 Å². The van der Waals surface area contributed by atoms with Crippen molar-refractivity contribution in [3.8, 4) is 0 Å². The molecule has 2 aliphatic carbocycles. The van der Waals surface area contributed by atoms with Crippen LogP contribution in [0.1, 0.15) is 64.7 Å². The summed E-state index contributed by atoms with van der Waals surface area (Å²) in [5.41, 5.74) is 4.36. The van der Waals surface area contributed by atoms with Crippen molar-refractivity contribution in [3.05, 3.63) is 0 Å². The third kappa shape index (κ3) is 2.68.